The van der Waals surface area contributed by atoms with E-state index in [-0.39, 0.29) is 5.91 Å². The van der Waals surface area contributed by atoms with Crippen LogP contribution >= 0.6 is 0 Å². The van der Waals surface area contributed by atoms with Crippen LogP contribution in [-0.4, -0.2) is 15.7 Å². The molecule has 0 unspecified atom stereocenters. The van der Waals surface area contributed by atoms with E-state index in [1.165, 1.54) is 0 Å². The molecule has 0 bridgehead atoms. The summed E-state index contributed by atoms with van der Waals surface area (Å²) in [6, 6.07) is 7.89. The molecule has 0 atom stereocenters. The van der Waals surface area contributed by atoms with Crippen LogP contribution < -0.4 is 5.32 Å². The predicted octanol–water partition coefficient (Wildman–Crippen LogP) is 1.91. The Bertz CT molecular complexity index is 531. The molecule has 0 fully saturated rings. The summed E-state index contributed by atoms with van der Waals surface area (Å²) in [6.45, 7) is 2.01. The van der Waals surface area contributed by atoms with Crippen LogP contribution in [0.25, 0.3) is 0 Å². The number of anilines is 1. The van der Waals surface area contributed by atoms with Crippen molar-refractivity contribution in [2.75, 3.05) is 5.32 Å². The number of hydrogen-bond donors (Lipinski definition) is 1. The van der Waals surface area contributed by atoms with Gasteiger partial charge in [0.15, 0.2) is 0 Å². The van der Waals surface area contributed by atoms with Crippen molar-refractivity contribution in [3.63, 3.8) is 0 Å². The van der Waals surface area contributed by atoms with Crippen LogP contribution in [0.15, 0.2) is 36.7 Å². The number of nitrogens with zero attached hydrogens (tertiary/aromatic N) is 2. The highest BCUT2D eigenvalue weighted by Crippen LogP contribution is 2.09. The summed E-state index contributed by atoms with van der Waals surface area (Å²) in [4.78, 5) is 11.8. The molecule has 17 heavy (non-hydrogen) atoms. The lowest BCUT2D eigenvalue weighted by Crippen LogP contribution is -2.14. The number of aromatic nitrogens is 2. The highest BCUT2D eigenvalue weighted by Gasteiger charge is 2.06. The number of benzene rings is 1. The summed E-state index contributed by atoms with van der Waals surface area (Å²) < 4.78 is 1.66. The average molecular weight is 229 g/mol. The van der Waals surface area contributed by atoms with Gasteiger partial charge in [-0.1, -0.05) is 24.3 Å². The van der Waals surface area contributed by atoms with Gasteiger partial charge in [0.2, 0.25) is 5.91 Å². The monoisotopic (exact) mass is 229 g/mol. The molecule has 1 N–H and O–H groups in total. The molecule has 88 valence electrons. The second kappa shape index (κ2) is 4.82. The average Bonchev–Trinajstić information content (AvgIpc) is 2.67. The first-order chi connectivity index (χ1) is 8.15. The Kier molecular flexibility index (Phi) is 3.23. The highest BCUT2D eigenvalue weighted by molar-refractivity contribution is 5.92. The van der Waals surface area contributed by atoms with Crippen molar-refractivity contribution in [1.29, 1.82) is 0 Å². The lowest BCUT2D eigenvalue weighted by molar-refractivity contribution is -0.115. The number of carbonyl (C=O) groups excluding carboxylic acids is 1. The molecule has 0 aliphatic carbocycles. The summed E-state index contributed by atoms with van der Waals surface area (Å²) in [7, 11) is 1.82. The fourth-order valence-electron chi connectivity index (χ4n) is 1.67. The second-order valence-corrected chi connectivity index (χ2v) is 4.05. The molecule has 0 radical (unpaired) electrons. The first-order valence-corrected chi connectivity index (χ1v) is 5.48. The van der Waals surface area contributed by atoms with Crippen LogP contribution in [0.2, 0.25) is 0 Å². The Morgan fingerprint density at radius 2 is 2.18 bits per heavy atom. The quantitative estimate of drug-likeness (QED) is 0.874. The third-order valence-corrected chi connectivity index (χ3v) is 2.60. The first-order valence-electron chi connectivity index (χ1n) is 5.48. The summed E-state index contributed by atoms with van der Waals surface area (Å²) in [5, 5.41) is 6.81. The van der Waals surface area contributed by atoms with Crippen molar-refractivity contribution < 1.29 is 4.79 Å². The Hall–Kier alpha value is -2.10. The highest BCUT2D eigenvalue weighted by atomic mass is 16.1. The van der Waals surface area contributed by atoms with Crippen LogP contribution in [0.4, 0.5) is 5.69 Å². The molecule has 2 aromatic rings. The number of nitrogens with one attached hydrogen (secondary N) is 1. The normalized spacial score (nSPS) is 10.2. The molecular weight excluding hydrogens is 214 g/mol. The van der Waals surface area contributed by atoms with Crippen LogP contribution in [0.3, 0.4) is 0 Å². The van der Waals surface area contributed by atoms with E-state index in [4.69, 9.17) is 0 Å². The van der Waals surface area contributed by atoms with Crippen LogP contribution in [0.5, 0.6) is 0 Å². The molecule has 0 saturated heterocycles. The third-order valence-electron chi connectivity index (χ3n) is 2.60. The van der Waals surface area contributed by atoms with E-state index in [1.54, 1.807) is 17.1 Å². The second-order valence-electron chi connectivity index (χ2n) is 4.05. The number of aryl methyl sites for hydroxylation is 2. The topological polar surface area (TPSA) is 46.9 Å². The van der Waals surface area contributed by atoms with Crippen molar-refractivity contribution in [2.45, 2.75) is 13.3 Å². The molecule has 2 rings (SSSR count). The van der Waals surface area contributed by atoms with E-state index >= 15 is 0 Å². The minimum Gasteiger partial charge on any atom is -0.323 e. The summed E-state index contributed by atoms with van der Waals surface area (Å²) in [5.74, 6) is -0.0210. The summed E-state index contributed by atoms with van der Waals surface area (Å²) in [5.41, 5.74) is 2.91. The number of carbonyl (C=O) groups is 1. The summed E-state index contributed by atoms with van der Waals surface area (Å²) in [6.07, 6.45) is 3.80. The van der Waals surface area contributed by atoms with Crippen LogP contribution in [0.1, 0.15) is 11.1 Å². The Morgan fingerprint density at radius 3 is 2.82 bits per heavy atom. The van der Waals surface area contributed by atoms with E-state index < -0.39 is 0 Å². The van der Waals surface area contributed by atoms with Crippen LogP contribution in [0, 0.1) is 6.92 Å². The van der Waals surface area contributed by atoms with Crippen LogP contribution in [-0.2, 0) is 18.3 Å². The van der Waals surface area contributed by atoms with E-state index in [9.17, 15) is 4.79 Å². The molecule has 0 saturated carbocycles. The fraction of sp³-hybridized carbons (Fsp3) is 0.231. The maximum atomic E-state index is 11.8. The molecule has 1 heterocycles. The number of hydrogen-bond acceptors (Lipinski definition) is 2. The zero-order valence-electron chi connectivity index (χ0n) is 9.97. The molecule has 0 aliphatic heterocycles. The van der Waals surface area contributed by atoms with Gasteiger partial charge in [-0.3, -0.25) is 9.48 Å². The number of amides is 1. The van der Waals surface area contributed by atoms with E-state index in [0.717, 1.165) is 16.8 Å². The molecule has 1 amide bonds. The zero-order chi connectivity index (χ0) is 12.3. The van der Waals surface area contributed by atoms with Gasteiger partial charge in [-0.2, -0.15) is 5.10 Å². The zero-order valence-corrected chi connectivity index (χ0v) is 9.97. The van der Waals surface area contributed by atoms with E-state index in [1.807, 2.05) is 38.2 Å². The lowest BCUT2D eigenvalue weighted by Gasteiger charge is -2.05. The van der Waals surface area contributed by atoms with Crippen molar-refractivity contribution in [1.82, 2.24) is 9.78 Å². The molecule has 4 heteroatoms. The molecule has 1 aromatic carbocycles. The predicted molar refractivity (Wildman–Crippen MR) is 66.7 cm³/mol. The van der Waals surface area contributed by atoms with Gasteiger partial charge in [0.1, 0.15) is 0 Å². The van der Waals surface area contributed by atoms with Gasteiger partial charge in [-0.25, -0.2) is 0 Å². The lowest BCUT2D eigenvalue weighted by atomic mass is 10.1. The van der Waals surface area contributed by atoms with Crippen molar-refractivity contribution >= 4 is 11.6 Å². The van der Waals surface area contributed by atoms with Gasteiger partial charge >= 0.3 is 0 Å². The summed E-state index contributed by atoms with van der Waals surface area (Å²) >= 11 is 0. The van der Waals surface area contributed by atoms with Gasteiger partial charge in [0.05, 0.1) is 18.3 Å². The van der Waals surface area contributed by atoms with E-state index in [2.05, 4.69) is 10.4 Å². The van der Waals surface area contributed by atoms with Gasteiger partial charge < -0.3 is 5.32 Å². The first kappa shape index (κ1) is 11.4. The molecule has 0 aliphatic rings. The maximum Gasteiger partial charge on any atom is 0.228 e. The van der Waals surface area contributed by atoms with Gasteiger partial charge in [-0.05, 0) is 18.1 Å². The number of rotatable bonds is 3. The fourth-order valence-corrected chi connectivity index (χ4v) is 1.67. The Labute approximate surface area is 100 Å². The van der Waals surface area contributed by atoms with Gasteiger partial charge in [-0.15, -0.1) is 0 Å². The van der Waals surface area contributed by atoms with Crippen molar-refractivity contribution in [2.24, 2.45) is 7.05 Å². The third kappa shape index (κ3) is 2.93. The molecular formula is C13H15N3O. The van der Waals surface area contributed by atoms with Crippen molar-refractivity contribution in [3.05, 3.63) is 47.8 Å². The van der Waals surface area contributed by atoms with Gasteiger partial charge in [0.25, 0.3) is 0 Å². The molecule has 0 spiro atoms. The molecule has 1 aromatic heterocycles. The minimum absolute atomic E-state index is 0.0210. The van der Waals surface area contributed by atoms with Crippen molar-refractivity contribution in [3.8, 4) is 0 Å². The SMILES string of the molecule is Cc1ccccc1CC(=O)Nc1cnn(C)c1. The molecule has 4 nitrogen and oxygen atoms in total. The standard InChI is InChI=1S/C13H15N3O/c1-10-5-3-4-6-11(10)7-13(17)15-12-8-14-16(2)9-12/h3-6,8-9H,7H2,1-2H3,(H,15,17). The largest absolute Gasteiger partial charge is 0.323 e. The Balaban J connectivity index is 2.01. The van der Waals surface area contributed by atoms with Gasteiger partial charge in [0, 0.05) is 13.2 Å². The van der Waals surface area contributed by atoms with E-state index in [0.29, 0.717) is 6.42 Å². The minimum atomic E-state index is -0.0210. The smallest absolute Gasteiger partial charge is 0.228 e. The Morgan fingerprint density at radius 1 is 1.41 bits per heavy atom. The maximum absolute atomic E-state index is 11.8.